The van der Waals surface area contributed by atoms with Gasteiger partial charge in [0, 0.05) is 27.0 Å². The molecular formula is C13H21N3O4. The van der Waals surface area contributed by atoms with E-state index >= 15 is 0 Å². The summed E-state index contributed by atoms with van der Waals surface area (Å²) >= 11 is 0. The third-order valence-electron chi connectivity index (χ3n) is 2.95. The monoisotopic (exact) mass is 283 g/mol. The lowest BCUT2D eigenvalue weighted by Crippen LogP contribution is -2.39. The second-order valence-corrected chi connectivity index (χ2v) is 4.39. The SMILES string of the molecule is COCCN(c1nccc(C(=O)O)c1N)C(C)COC. The molecule has 0 spiro atoms. The van der Waals surface area contributed by atoms with Crippen LogP contribution in [-0.4, -0.2) is 56.1 Å². The Morgan fingerprint density at radius 2 is 2.20 bits per heavy atom. The minimum absolute atomic E-state index is 0.00556. The number of nitrogen functional groups attached to an aromatic ring is 1. The van der Waals surface area contributed by atoms with Crippen molar-refractivity contribution in [3.63, 3.8) is 0 Å². The molecule has 0 fully saturated rings. The van der Waals surface area contributed by atoms with E-state index in [9.17, 15) is 4.79 Å². The van der Waals surface area contributed by atoms with E-state index in [-0.39, 0.29) is 17.3 Å². The quantitative estimate of drug-likeness (QED) is 0.729. The van der Waals surface area contributed by atoms with Crippen LogP contribution in [0.1, 0.15) is 17.3 Å². The summed E-state index contributed by atoms with van der Waals surface area (Å²) in [4.78, 5) is 17.2. The molecule has 112 valence electrons. The van der Waals surface area contributed by atoms with Gasteiger partial charge in [-0.2, -0.15) is 0 Å². The minimum Gasteiger partial charge on any atom is -0.478 e. The molecule has 1 rings (SSSR count). The first-order valence-electron chi connectivity index (χ1n) is 6.25. The van der Waals surface area contributed by atoms with Crippen molar-refractivity contribution < 1.29 is 19.4 Å². The number of nitrogens with zero attached hydrogens (tertiary/aromatic N) is 2. The van der Waals surface area contributed by atoms with Gasteiger partial charge in [-0.15, -0.1) is 0 Å². The largest absolute Gasteiger partial charge is 0.478 e. The van der Waals surface area contributed by atoms with Gasteiger partial charge in [0.25, 0.3) is 0 Å². The van der Waals surface area contributed by atoms with E-state index in [4.69, 9.17) is 20.3 Å². The molecule has 0 aliphatic carbocycles. The van der Waals surface area contributed by atoms with Crippen molar-refractivity contribution in [3.05, 3.63) is 17.8 Å². The van der Waals surface area contributed by atoms with Gasteiger partial charge in [-0.3, -0.25) is 0 Å². The Hall–Kier alpha value is -1.86. The minimum atomic E-state index is -1.07. The molecule has 7 heteroatoms. The topological polar surface area (TPSA) is 97.9 Å². The van der Waals surface area contributed by atoms with E-state index in [0.29, 0.717) is 25.6 Å². The van der Waals surface area contributed by atoms with Crippen LogP contribution in [-0.2, 0) is 9.47 Å². The van der Waals surface area contributed by atoms with Crippen LogP contribution in [0.15, 0.2) is 12.3 Å². The van der Waals surface area contributed by atoms with Gasteiger partial charge < -0.3 is 25.2 Å². The van der Waals surface area contributed by atoms with Crippen LogP contribution in [0.25, 0.3) is 0 Å². The van der Waals surface area contributed by atoms with E-state index in [0.717, 1.165) is 0 Å². The fourth-order valence-corrected chi connectivity index (χ4v) is 1.93. The summed E-state index contributed by atoms with van der Waals surface area (Å²) in [5, 5.41) is 9.11. The number of carbonyl (C=O) groups is 1. The van der Waals surface area contributed by atoms with E-state index in [1.807, 2.05) is 11.8 Å². The summed E-state index contributed by atoms with van der Waals surface area (Å²) in [6, 6.07) is 1.38. The van der Waals surface area contributed by atoms with Gasteiger partial charge in [-0.25, -0.2) is 9.78 Å². The Morgan fingerprint density at radius 1 is 1.50 bits per heavy atom. The van der Waals surface area contributed by atoms with Crippen molar-refractivity contribution >= 4 is 17.5 Å². The van der Waals surface area contributed by atoms with Crippen LogP contribution < -0.4 is 10.6 Å². The Balaban J connectivity index is 3.12. The average Bonchev–Trinajstić information content (AvgIpc) is 2.40. The molecule has 0 aliphatic heterocycles. The molecule has 0 radical (unpaired) electrons. The Kier molecular flexibility index (Phi) is 6.20. The highest BCUT2D eigenvalue weighted by Gasteiger charge is 2.21. The number of hydrogen-bond acceptors (Lipinski definition) is 6. The standard InChI is InChI=1S/C13H21N3O4/c1-9(8-20-3)16(6-7-19-2)12-11(14)10(13(17)18)4-5-15-12/h4-5,9H,6-8,14H2,1-3H3,(H,17,18). The van der Waals surface area contributed by atoms with Crippen LogP contribution in [0.3, 0.4) is 0 Å². The zero-order valence-corrected chi connectivity index (χ0v) is 12.0. The summed E-state index contributed by atoms with van der Waals surface area (Å²) in [6.07, 6.45) is 1.44. The Morgan fingerprint density at radius 3 is 2.75 bits per heavy atom. The number of ether oxygens (including phenoxy) is 2. The molecule has 0 amide bonds. The number of nitrogens with two attached hydrogens (primary N) is 1. The van der Waals surface area contributed by atoms with E-state index in [1.54, 1.807) is 14.2 Å². The molecule has 1 heterocycles. The van der Waals surface area contributed by atoms with Crippen LogP contribution in [0, 0.1) is 0 Å². The molecule has 0 bridgehead atoms. The number of pyridine rings is 1. The van der Waals surface area contributed by atoms with Gasteiger partial charge >= 0.3 is 5.97 Å². The average molecular weight is 283 g/mol. The summed E-state index contributed by atoms with van der Waals surface area (Å²) in [7, 11) is 3.21. The summed E-state index contributed by atoms with van der Waals surface area (Å²) in [5.74, 6) is -0.635. The lowest BCUT2D eigenvalue weighted by molar-refractivity contribution is 0.0698. The number of hydrogen-bond donors (Lipinski definition) is 2. The third-order valence-corrected chi connectivity index (χ3v) is 2.95. The summed E-state index contributed by atoms with van der Waals surface area (Å²) in [5.41, 5.74) is 6.12. The van der Waals surface area contributed by atoms with E-state index < -0.39 is 5.97 Å². The predicted octanol–water partition coefficient (Wildman–Crippen LogP) is 0.850. The lowest BCUT2D eigenvalue weighted by atomic mass is 10.2. The molecule has 0 aromatic carbocycles. The maximum Gasteiger partial charge on any atom is 0.337 e. The van der Waals surface area contributed by atoms with Crippen LogP contribution in [0.4, 0.5) is 11.5 Å². The van der Waals surface area contributed by atoms with Gasteiger partial charge in [-0.05, 0) is 13.0 Å². The molecular weight excluding hydrogens is 262 g/mol. The van der Waals surface area contributed by atoms with Gasteiger partial charge in [0.15, 0.2) is 5.82 Å². The van der Waals surface area contributed by atoms with Gasteiger partial charge in [0.05, 0.1) is 30.5 Å². The Bertz CT molecular complexity index is 453. The number of carboxylic acid groups (broad SMARTS) is 1. The molecule has 0 saturated heterocycles. The van der Waals surface area contributed by atoms with Crippen molar-refractivity contribution in [1.82, 2.24) is 4.98 Å². The highest BCUT2D eigenvalue weighted by molar-refractivity contribution is 5.96. The molecule has 1 unspecified atom stereocenters. The third kappa shape index (κ3) is 3.82. The normalized spacial score (nSPS) is 12.2. The number of aromatic carboxylic acids is 1. The van der Waals surface area contributed by atoms with E-state index in [1.165, 1.54) is 12.3 Å². The fraction of sp³-hybridized carbons (Fsp3) is 0.538. The van der Waals surface area contributed by atoms with Crippen molar-refractivity contribution in [3.8, 4) is 0 Å². The second-order valence-electron chi connectivity index (χ2n) is 4.39. The molecule has 3 N–H and O–H groups in total. The van der Waals surface area contributed by atoms with Crippen LogP contribution in [0.5, 0.6) is 0 Å². The number of carboxylic acids is 1. The summed E-state index contributed by atoms with van der Waals surface area (Å²) in [6.45, 7) is 3.45. The lowest BCUT2D eigenvalue weighted by Gasteiger charge is -2.30. The molecule has 1 atom stereocenters. The summed E-state index contributed by atoms with van der Waals surface area (Å²) < 4.78 is 10.2. The predicted molar refractivity (Wildman–Crippen MR) is 76.2 cm³/mol. The van der Waals surface area contributed by atoms with Crippen molar-refractivity contribution in [1.29, 1.82) is 0 Å². The maximum absolute atomic E-state index is 11.1. The van der Waals surface area contributed by atoms with Gasteiger partial charge in [-0.1, -0.05) is 0 Å². The molecule has 7 nitrogen and oxygen atoms in total. The highest BCUT2D eigenvalue weighted by atomic mass is 16.5. The van der Waals surface area contributed by atoms with Crippen LogP contribution in [0.2, 0.25) is 0 Å². The van der Waals surface area contributed by atoms with Gasteiger partial charge in [0.1, 0.15) is 0 Å². The Labute approximate surface area is 118 Å². The maximum atomic E-state index is 11.1. The van der Waals surface area contributed by atoms with Crippen molar-refractivity contribution in [2.75, 3.05) is 44.6 Å². The first-order chi connectivity index (χ1) is 9.52. The van der Waals surface area contributed by atoms with E-state index in [2.05, 4.69) is 4.98 Å². The zero-order chi connectivity index (χ0) is 15.1. The number of aromatic nitrogens is 1. The number of anilines is 2. The smallest absolute Gasteiger partial charge is 0.337 e. The molecule has 0 aliphatic rings. The fourth-order valence-electron chi connectivity index (χ4n) is 1.93. The first-order valence-corrected chi connectivity index (χ1v) is 6.25. The van der Waals surface area contributed by atoms with Crippen molar-refractivity contribution in [2.45, 2.75) is 13.0 Å². The molecule has 1 aromatic rings. The van der Waals surface area contributed by atoms with Crippen LogP contribution >= 0.6 is 0 Å². The van der Waals surface area contributed by atoms with Gasteiger partial charge in [0.2, 0.25) is 0 Å². The second kappa shape index (κ2) is 7.66. The molecule has 20 heavy (non-hydrogen) atoms. The molecule has 1 aromatic heterocycles. The first kappa shape index (κ1) is 16.2. The number of rotatable bonds is 8. The number of methoxy groups -OCH3 is 2. The highest BCUT2D eigenvalue weighted by Crippen LogP contribution is 2.25. The molecule has 0 saturated carbocycles. The van der Waals surface area contributed by atoms with Crippen molar-refractivity contribution in [2.24, 2.45) is 0 Å². The zero-order valence-electron chi connectivity index (χ0n) is 12.0.